The first kappa shape index (κ1) is 9.04. The molecule has 72 valence electrons. The third-order valence-electron chi connectivity index (χ3n) is 2.34. The van der Waals surface area contributed by atoms with Gasteiger partial charge < -0.3 is 5.11 Å². The highest BCUT2D eigenvalue weighted by Gasteiger charge is 2.25. The third kappa shape index (κ3) is 2.04. The van der Waals surface area contributed by atoms with Crippen molar-refractivity contribution < 1.29 is 5.11 Å². The van der Waals surface area contributed by atoms with Crippen molar-refractivity contribution in [2.75, 3.05) is 0 Å². The fourth-order valence-corrected chi connectivity index (χ4v) is 1.36. The molecular weight excluding hydrogens is 176 g/mol. The van der Waals surface area contributed by atoms with Crippen LogP contribution in [0.4, 0.5) is 0 Å². The van der Waals surface area contributed by atoms with Gasteiger partial charge in [0, 0.05) is 6.04 Å². The molecule has 0 amide bonds. The lowest BCUT2D eigenvalue weighted by Crippen LogP contribution is -2.21. The Hall–Kier alpha value is -1.53. The fourth-order valence-electron chi connectivity index (χ4n) is 1.36. The van der Waals surface area contributed by atoms with Gasteiger partial charge in [0.2, 0.25) is 0 Å². The molecule has 0 unspecified atom stereocenters. The Morgan fingerprint density at radius 3 is 2.50 bits per heavy atom. The summed E-state index contributed by atoms with van der Waals surface area (Å²) in [7, 11) is 0. The first-order chi connectivity index (χ1) is 6.79. The van der Waals surface area contributed by atoms with E-state index >= 15 is 0 Å². The molecule has 1 aromatic carbocycles. The van der Waals surface area contributed by atoms with E-state index in [1.807, 2.05) is 0 Å². The number of hydrogen-bond donors (Lipinski definition) is 2. The summed E-state index contributed by atoms with van der Waals surface area (Å²) in [5.74, 6) is 0.233. The second kappa shape index (κ2) is 3.69. The average molecular weight is 188 g/mol. The molecule has 1 saturated carbocycles. The quantitative estimate of drug-likeness (QED) is 0.759. The number of aromatic hydroxyl groups is 1. The Morgan fingerprint density at radius 1 is 1.36 bits per heavy atom. The number of hydrogen-bond acceptors (Lipinski definition) is 3. The van der Waals surface area contributed by atoms with E-state index in [1.165, 1.54) is 0 Å². The molecule has 0 heterocycles. The normalized spacial score (nSPS) is 17.4. The Labute approximate surface area is 83.0 Å². The van der Waals surface area contributed by atoms with Crippen LogP contribution in [-0.4, -0.2) is 11.1 Å². The van der Waals surface area contributed by atoms with Crippen molar-refractivity contribution in [3.8, 4) is 11.8 Å². The molecule has 0 aliphatic heterocycles. The molecule has 3 nitrogen and oxygen atoms in total. The van der Waals surface area contributed by atoms with E-state index < -0.39 is 0 Å². The van der Waals surface area contributed by atoms with Gasteiger partial charge in [-0.3, -0.25) is 5.32 Å². The zero-order chi connectivity index (χ0) is 9.97. The number of nitrogens with zero attached hydrogens (tertiary/aromatic N) is 1. The SMILES string of the molecule is N#C[C@H](NC1CC1)c1ccc(O)cc1. The summed E-state index contributed by atoms with van der Waals surface area (Å²) < 4.78 is 0. The summed E-state index contributed by atoms with van der Waals surface area (Å²) >= 11 is 0. The molecule has 1 aliphatic rings. The summed E-state index contributed by atoms with van der Waals surface area (Å²) in [5, 5.41) is 21.3. The lowest BCUT2D eigenvalue weighted by molar-refractivity contribution is 0.474. The van der Waals surface area contributed by atoms with Gasteiger partial charge in [-0.1, -0.05) is 12.1 Å². The van der Waals surface area contributed by atoms with Crippen LogP contribution in [0.1, 0.15) is 24.4 Å². The van der Waals surface area contributed by atoms with Gasteiger partial charge >= 0.3 is 0 Å². The van der Waals surface area contributed by atoms with Crippen LogP contribution in [0.15, 0.2) is 24.3 Å². The van der Waals surface area contributed by atoms with Crippen molar-refractivity contribution in [1.29, 1.82) is 5.26 Å². The van der Waals surface area contributed by atoms with Gasteiger partial charge in [0.15, 0.2) is 0 Å². The van der Waals surface area contributed by atoms with E-state index in [-0.39, 0.29) is 11.8 Å². The standard InChI is InChI=1S/C11H12N2O/c12-7-11(13-9-3-4-9)8-1-5-10(14)6-2-8/h1-2,5-6,9,11,13-14H,3-4H2/t11-/m0/s1. The lowest BCUT2D eigenvalue weighted by atomic mass is 10.1. The van der Waals surface area contributed by atoms with Crippen molar-refractivity contribution in [3.05, 3.63) is 29.8 Å². The molecule has 0 aromatic heterocycles. The molecule has 2 rings (SSSR count). The topological polar surface area (TPSA) is 56.0 Å². The van der Waals surface area contributed by atoms with Gasteiger partial charge in [-0.2, -0.15) is 5.26 Å². The monoisotopic (exact) mass is 188 g/mol. The van der Waals surface area contributed by atoms with E-state index in [0.717, 1.165) is 18.4 Å². The fraction of sp³-hybridized carbons (Fsp3) is 0.364. The van der Waals surface area contributed by atoms with Crippen molar-refractivity contribution >= 4 is 0 Å². The molecule has 14 heavy (non-hydrogen) atoms. The van der Waals surface area contributed by atoms with Crippen LogP contribution in [0.25, 0.3) is 0 Å². The largest absolute Gasteiger partial charge is 0.508 e. The molecule has 2 N–H and O–H groups in total. The van der Waals surface area contributed by atoms with Gasteiger partial charge in [0.05, 0.1) is 6.07 Å². The van der Waals surface area contributed by atoms with E-state index in [4.69, 9.17) is 10.4 Å². The number of benzene rings is 1. The van der Waals surface area contributed by atoms with Gasteiger partial charge in [-0.25, -0.2) is 0 Å². The summed E-state index contributed by atoms with van der Waals surface area (Å²) in [6, 6.07) is 9.24. The molecule has 0 saturated heterocycles. The van der Waals surface area contributed by atoms with E-state index in [2.05, 4.69) is 11.4 Å². The summed E-state index contributed by atoms with van der Waals surface area (Å²) in [6.45, 7) is 0. The molecular formula is C11H12N2O. The summed E-state index contributed by atoms with van der Waals surface area (Å²) in [5.41, 5.74) is 0.914. The molecule has 1 aromatic rings. The minimum absolute atomic E-state index is 0.233. The van der Waals surface area contributed by atoms with Crippen LogP contribution in [0, 0.1) is 11.3 Å². The maximum absolute atomic E-state index is 9.10. The molecule has 0 bridgehead atoms. The molecule has 1 aliphatic carbocycles. The maximum atomic E-state index is 9.10. The average Bonchev–Trinajstić information content (AvgIpc) is 3.00. The number of phenolic OH excluding ortho intramolecular Hbond substituents is 1. The van der Waals surface area contributed by atoms with Crippen molar-refractivity contribution in [1.82, 2.24) is 5.32 Å². The minimum Gasteiger partial charge on any atom is -0.508 e. The zero-order valence-electron chi connectivity index (χ0n) is 7.77. The van der Waals surface area contributed by atoms with Crippen LogP contribution in [-0.2, 0) is 0 Å². The second-order valence-corrected chi connectivity index (χ2v) is 3.59. The third-order valence-corrected chi connectivity index (χ3v) is 2.34. The van der Waals surface area contributed by atoms with Crippen LogP contribution < -0.4 is 5.32 Å². The predicted octanol–water partition coefficient (Wildman–Crippen LogP) is 1.71. The van der Waals surface area contributed by atoms with Crippen molar-refractivity contribution in [2.45, 2.75) is 24.9 Å². The van der Waals surface area contributed by atoms with Crippen LogP contribution in [0.2, 0.25) is 0 Å². The first-order valence-corrected chi connectivity index (χ1v) is 4.74. The van der Waals surface area contributed by atoms with E-state index in [0.29, 0.717) is 6.04 Å². The summed E-state index contributed by atoms with van der Waals surface area (Å²) in [4.78, 5) is 0. The Balaban J connectivity index is 2.10. The highest BCUT2D eigenvalue weighted by molar-refractivity contribution is 5.30. The van der Waals surface area contributed by atoms with Gasteiger partial charge in [-0.15, -0.1) is 0 Å². The lowest BCUT2D eigenvalue weighted by Gasteiger charge is -2.10. The molecule has 0 spiro atoms. The summed E-state index contributed by atoms with van der Waals surface area (Å²) in [6.07, 6.45) is 2.33. The molecule has 1 atom stereocenters. The molecule has 3 heteroatoms. The van der Waals surface area contributed by atoms with E-state index in [9.17, 15) is 0 Å². The molecule has 0 radical (unpaired) electrons. The van der Waals surface area contributed by atoms with E-state index in [1.54, 1.807) is 24.3 Å². The van der Waals surface area contributed by atoms with Crippen LogP contribution in [0.5, 0.6) is 5.75 Å². The second-order valence-electron chi connectivity index (χ2n) is 3.59. The van der Waals surface area contributed by atoms with Crippen molar-refractivity contribution in [3.63, 3.8) is 0 Å². The Morgan fingerprint density at radius 2 is 2.00 bits per heavy atom. The smallest absolute Gasteiger partial charge is 0.121 e. The number of nitrogens with one attached hydrogen (secondary N) is 1. The number of nitriles is 1. The minimum atomic E-state index is -0.247. The number of rotatable bonds is 3. The number of phenols is 1. The highest BCUT2D eigenvalue weighted by atomic mass is 16.3. The molecule has 1 fully saturated rings. The van der Waals surface area contributed by atoms with Crippen LogP contribution >= 0.6 is 0 Å². The Bertz CT molecular complexity index is 349. The van der Waals surface area contributed by atoms with Gasteiger partial charge in [-0.05, 0) is 30.5 Å². The van der Waals surface area contributed by atoms with Crippen molar-refractivity contribution in [2.24, 2.45) is 0 Å². The maximum Gasteiger partial charge on any atom is 0.121 e. The van der Waals surface area contributed by atoms with Gasteiger partial charge in [0.1, 0.15) is 11.8 Å². The predicted molar refractivity (Wildman–Crippen MR) is 52.6 cm³/mol. The Kier molecular flexibility index (Phi) is 2.38. The highest BCUT2D eigenvalue weighted by Crippen LogP contribution is 2.24. The van der Waals surface area contributed by atoms with Crippen LogP contribution in [0.3, 0.4) is 0 Å². The van der Waals surface area contributed by atoms with Gasteiger partial charge in [0.25, 0.3) is 0 Å². The zero-order valence-corrected chi connectivity index (χ0v) is 7.77. The first-order valence-electron chi connectivity index (χ1n) is 4.74.